The van der Waals surface area contributed by atoms with E-state index < -0.39 is 12.1 Å². The molecule has 0 unspecified atom stereocenters. The lowest BCUT2D eigenvalue weighted by atomic mass is 10.1. The first-order valence-corrected chi connectivity index (χ1v) is 5.46. The van der Waals surface area contributed by atoms with E-state index in [1.54, 1.807) is 6.92 Å². The predicted molar refractivity (Wildman–Crippen MR) is 69.9 cm³/mol. The molecule has 0 saturated carbocycles. The van der Waals surface area contributed by atoms with Crippen LogP contribution in [-0.4, -0.2) is 30.9 Å². The zero-order valence-electron chi connectivity index (χ0n) is 10.7. The average molecular weight is 265 g/mol. The Hall–Kier alpha value is -2.50. The first-order chi connectivity index (χ1) is 8.99. The van der Waals surface area contributed by atoms with Crippen molar-refractivity contribution in [3.05, 3.63) is 35.9 Å². The topological polar surface area (TPSA) is 84.9 Å². The highest BCUT2D eigenvalue weighted by atomic mass is 16.5. The van der Waals surface area contributed by atoms with Crippen LogP contribution in [-0.2, 0) is 4.74 Å². The first-order valence-electron chi connectivity index (χ1n) is 5.46. The standard InChI is InChI=1S/C13H15NO5/c1-4-5-19-13(17)14-10-6-8(2)9(12(15)16)7-11(10)18-3/h4,6-7H,1,5H2,2-3H3,(H,14,17)(H,15,16). The summed E-state index contributed by atoms with van der Waals surface area (Å²) in [6.45, 7) is 5.14. The van der Waals surface area contributed by atoms with E-state index in [1.807, 2.05) is 0 Å². The third kappa shape index (κ3) is 3.74. The van der Waals surface area contributed by atoms with Crippen molar-refractivity contribution in [2.24, 2.45) is 0 Å². The fourth-order valence-corrected chi connectivity index (χ4v) is 1.47. The Kier molecular flexibility index (Phi) is 4.93. The van der Waals surface area contributed by atoms with Crippen LogP contribution >= 0.6 is 0 Å². The van der Waals surface area contributed by atoms with Crippen LogP contribution in [0.2, 0.25) is 0 Å². The summed E-state index contributed by atoms with van der Waals surface area (Å²) in [6.07, 6.45) is 0.774. The van der Waals surface area contributed by atoms with E-state index >= 15 is 0 Å². The Balaban J connectivity index is 3.01. The first kappa shape index (κ1) is 14.6. The molecular formula is C13H15NO5. The third-order valence-corrected chi connectivity index (χ3v) is 2.35. The van der Waals surface area contributed by atoms with E-state index in [0.717, 1.165) is 0 Å². The van der Waals surface area contributed by atoms with Gasteiger partial charge in [0, 0.05) is 0 Å². The summed E-state index contributed by atoms with van der Waals surface area (Å²) >= 11 is 0. The molecule has 0 bridgehead atoms. The molecule has 1 amide bonds. The number of aromatic carboxylic acids is 1. The van der Waals surface area contributed by atoms with Crippen molar-refractivity contribution in [3.8, 4) is 5.75 Å². The highest BCUT2D eigenvalue weighted by Crippen LogP contribution is 2.28. The van der Waals surface area contributed by atoms with Crippen LogP contribution in [0.3, 0.4) is 0 Å². The number of carboxylic acids is 1. The molecule has 0 spiro atoms. The number of carbonyl (C=O) groups excluding carboxylic acids is 1. The highest BCUT2D eigenvalue weighted by molar-refractivity contribution is 5.93. The zero-order valence-corrected chi connectivity index (χ0v) is 10.7. The molecule has 0 radical (unpaired) electrons. The molecule has 2 N–H and O–H groups in total. The monoisotopic (exact) mass is 265 g/mol. The number of rotatable bonds is 5. The van der Waals surface area contributed by atoms with E-state index in [0.29, 0.717) is 11.3 Å². The van der Waals surface area contributed by atoms with E-state index in [4.69, 9.17) is 14.6 Å². The maximum absolute atomic E-state index is 11.4. The van der Waals surface area contributed by atoms with Gasteiger partial charge < -0.3 is 14.6 Å². The van der Waals surface area contributed by atoms with Gasteiger partial charge >= 0.3 is 12.1 Å². The van der Waals surface area contributed by atoms with Crippen molar-refractivity contribution in [3.63, 3.8) is 0 Å². The minimum atomic E-state index is -1.06. The summed E-state index contributed by atoms with van der Waals surface area (Å²) in [5, 5.41) is 11.5. The lowest BCUT2D eigenvalue weighted by Crippen LogP contribution is -2.15. The third-order valence-electron chi connectivity index (χ3n) is 2.35. The number of ether oxygens (including phenoxy) is 2. The van der Waals surface area contributed by atoms with Crippen molar-refractivity contribution >= 4 is 17.7 Å². The molecule has 0 aromatic heterocycles. The van der Waals surface area contributed by atoms with Crippen LogP contribution in [0.1, 0.15) is 15.9 Å². The molecule has 1 rings (SSSR count). The van der Waals surface area contributed by atoms with Gasteiger partial charge in [0.1, 0.15) is 12.4 Å². The van der Waals surface area contributed by atoms with Crippen molar-refractivity contribution < 1.29 is 24.2 Å². The fraction of sp³-hybridized carbons (Fsp3) is 0.231. The van der Waals surface area contributed by atoms with Gasteiger partial charge in [0.15, 0.2) is 0 Å². The Morgan fingerprint density at radius 2 is 2.16 bits per heavy atom. The molecule has 1 aromatic rings. The second kappa shape index (κ2) is 6.44. The highest BCUT2D eigenvalue weighted by Gasteiger charge is 2.14. The van der Waals surface area contributed by atoms with E-state index in [1.165, 1.54) is 25.3 Å². The minimum Gasteiger partial charge on any atom is -0.495 e. The Morgan fingerprint density at radius 1 is 1.47 bits per heavy atom. The summed E-state index contributed by atoms with van der Waals surface area (Å²) in [6, 6.07) is 2.86. The van der Waals surface area contributed by atoms with E-state index in [2.05, 4.69) is 11.9 Å². The molecule has 6 nitrogen and oxygen atoms in total. The van der Waals surface area contributed by atoms with Crippen LogP contribution in [0.4, 0.5) is 10.5 Å². The smallest absolute Gasteiger partial charge is 0.412 e. The molecule has 0 aliphatic carbocycles. The number of anilines is 1. The summed E-state index contributed by atoms with van der Waals surface area (Å²) in [5.74, 6) is -0.810. The molecule has 102 valence electrons. The number of methoxy groups -OCH3 is 1. The number of benzene rings is 1. The van der Waals surface area contributed by atoms with Crippen LogP contribution in [0, 0.1) is 6.92 Å². The molecule has 0 saturated heterocycles. The second-order valence-corrected chi connectivity index (χ2v) is 3.68. The summed E-state index contributed by atoms with van der Waals surface area (Å²) < 4.78 is 9.81. The summed E-state index contributed by atoms with van der Waals surface area (Å²) in [4.78, 5) is 22.4. The molecule has 0 aliphatic rings. The van der Waals surface area contributed by atoms with E-state index in [9.17, 15) is 9.59 Å². The van der Waals surface area contributed by atoms with Crippen LogP contribution < -0.4 is 10.1 Å². The van der Waals surface area contributed by atoms with Gasteiger partial charge in [-0.15, -0.1) is 0 Å². The fourth-order valence-electron chi connectivity index (χ4n) is 1.47. The van der Waals surface area contributed by atoms with E-state index in [-0.39, 0.29) is 17.9 Å². The minimum absolute atomic E-state index is 0.0837. The number of aryl methyl sites for hydroxylation is 1. The van der Waals surface area contributed by atoms with Crippen LogP contribution in [0.15, 0.2) is 24.8 Å². The molecule has 19 heavy (non-hydrogen) atoms. The van der Waals surface area contributed by atoms with Crippen LogP contribution in [0.25, 0.3) is 0 Å². The van der Waals surface area contributed by atoms with Crippen molar-refractivity contribution in [2.75, 3.05) is 19.0 Å². The van der Waals surface area contributed by atoms with Crippen molar-refractivity contribution in [2.45, 2.75) is 6.92 Å². The number of hydrogen-bond acceptors (Lipinski definition) is 4. The van der Waals surface area contributed by atoms with Crippen LogP contribution in [0.5, 0.6) is 5.75 Å². The number of amides is 1. The van der Waals surface area contributed by atoms with Gasteiger partial charge in [-0.3, -0.25) is 5.32 Å². The van der Waals surface area contributed by atoms with Gasteiger partial charge in [0.2, 0.25) is 0 Å². The van der Waals surface area contributed by atoms with Gasteiger partial charge in [-0.25, -0.2) is 9.59 Å². The summed E-state index contributed by atoms with van der Waals surface area (Å²) in [7, 11) is 1.39. The predicted octanol–water partition coefficient (Wildman–Crippen LogP) is 2.44. The van der Waals surface area contributed by atoms with Gasteiger partial charge in [0.05, 0.1) is 18.4 Å². The van der Waals surface area contributed by atoms with Crippen molar-refractivity contribution in [1.29, 1.82) is 0 Å². The number of carbonyl (C=O) groups is 2. The number of carboxylic acid groups (broad SMARTS) is 1. The second-order valence-electron chi connectivity index (χ2n) is 3.68. The molecule has 1 aromatic carbocycles. The molecule has 0 heterocycles. The van der Waals surface area contributed by atoms with Crippen molar-refractivity contribution in [1.82, 2.24) is 0 Å². The number of hydrogen-bond donors (Lipinski definition) is 2. The number of nitrogens with one attached hydrogen (secondary N) is 1. The largest absolute Gasteiger partial charge is 0.495 e. The Bertz CT molecular complexity index is 510. The summed E-state index contributed by atoms with van der Waals surface area (Å²) in [5.41, 5.74) is 0.966. The van der Waals surface area contributed by atoms with Gasteiger partial charge in [-0.05, 0) is 24.6 Å². The average Bonchev–Trinajstić information content (AvgIpc) is 2.36. The lowest BCUT2D eigenvalue weighted by molar-refractivity contribution is 0.0695. The maximum Gasteiger partial charge on any atom is 0.412 e. The maximum atomic E-state index is 11.4. The lowest BCUT2D eigenvalue weighted by Gasteiger charge is -2.12. The quantitative estimate of drug-likeness (QED) is 0.799. The molecule has 0 fully saturated rings. The van der Waals surface area contributed by atoms with Gasteiger partial charge in [0.25, 0.3) is 0 Å². The Labute approximate surface area is 110 Å². The van der Waals surface area contributed by atoms with Gasteiger partial charge in [-0.1, -0.05) is 12.7 Å². The normalized spacial score (nSPS) is 9.58. The zero-order chi connectivity index (χ0) is 14.4. The van der Waals surface area contributed by atoms with Gasteiger partial charge in [-0.2, -0.15) is 0 Å². The Morgan fingerprint density at radius 3 is 2.68 bits per heavy atom. The molecule has 0 aliphatic heterocycles. The molecule has 6 heteroatoms. The SMILES string of the molecule is C=CCOC(=O)Nc1cc(C)c(C(=O)O)cc1OC. The molecular weight excluding hydrogens is 250 g/mol. The molecule has 0 atom stereocenters.